The average molecular weight is 454 g/mol. The van der Waals surface area contributed by atoms with Gasteiger partial charge >= 0.3 is 0 Å². The van der Waals surface area contributed by atoms with E-state index in [2.05, 4.69) is 13.8 Å². The molecule has 4 heteroatoms. The summed E-state index contributed by atoms with van der Waals surface area (Å²) in [5.41, 5.74) is 8.37. The summed E-state index contributed by atoms with van der Waals surface area (Å²) in [6.07, 6.45) is 10.5. The molecule has 182 valence electrons. The molecule has 2 N–H and O–H groups in total. The number of rotatable bonds is 5. The molecule has 0 heterocycles. The van der Waals surface area contributed by atoms with E-state index < -0.39 is 0 Å². The molecule has 4 aliphatic carbocycles. The van der Waals surface area contributed by atoms with Crippen molar-refractivity contribution < 1.29 is 14.3 Å². The Morgan fingerprint density at radius 3 is 2.64 bits per heavy atom. The Kier molecular flexibility index (Phi) is 5.93. The summed E-state index contributed by atoms with van der Waals surface area (Å²) in [4.78, 5) is 13.8. The molecule has 8 atom stereocenters. The van der Waals surface area contributed by atoms with Gasteiger partial charge in [-0.3, -0.25) is 4.79 Å². The van der Waals surface area contributed by atoms with Gasteiger partial charge in [0.15, 0.2) is 5.78 Å². The van der Waals surface area contributed by atoms with Crippen LogP contribution in [-0.2, 0) is 4.74 Å². The predicted molar refractivity (Wildman–Crippen MR) is 131 cm³/mol. The van der Waals surface area contributed by atoms with Crippen molar-refractivity contribution >= 4 is 5.78 Å². The van der Waals surface area contributed by atoms with Crippen LogP contribution in [0.2, 0.25) is 0 Å². The third-order valence-corrected chi connectivity index (χ3v) is 10.9. The van der Waals surface area contributed by atoms with E-state index in [9.17, 15) is 4.79 Å². The zero-order chi connectivity index (χ0) is 23.4. The zero-order valence-corrected chi connectivity index (χ0v) is 21.1. The highest BCUT2D eigenvalue weighted by atomic mass is 16.5. The van der Waals surface area contributed by atoms with E-state index >= 15 is 0 Å². The minimum absolute atomic E-state index is 0.0194. The molecule has 4 saturated carbocycles. The van der Waals surface area contributed by atoms with Crippen LogP contribution in [0.25, 0.3) is 0 Å². The molecule has 0 amide bonds. The van der Waals surface area contributed by atoms with Crippen LogP contribution in [0, 0.1) is 40.4 Å². The standard InChI is InChI=1S/C29H43NO3/c1-19-10-14-28(18-32-3)21(16-19)11-15-29(30)24-9-8-23(27(24,2)13-12-25(28)29)26(31)20-6-5-7-22(17-20)33-4/h5-7,17,19,21,23-25H,8-16,18,30H2,1-4H3/t19-,21?,23+,24?,25?,27+,28+,29+/m0/s1. The van der Waals surface area contributed by atoms with E-state index in [1.54, 1.807) is 7.11 Å². The number of carbonyl (C=O) groups is 1. The van der Waals surface area contributed by atoms with Crippen molar-refractivity contribution in [3.05, 3.63) is 29.8 Å². The third-order valence-electron chi connectivity index (χ3n) is 10.9. The summed E-state index contributed by atoms with van der Waals surface area (Å²) in [5.74, 6) is 3.58. The average Bonchev–Trinajstić information content (AvgIpc) is 3.17. The van der Waals surface area contributed by atoms with Gasteiger partial charge in [0.25, 0.3) is 0 Å². The van der Waals surface area contributed by atoms with Crippen LogP contribution in [0.3, 0.4) is 0 Å². The van der Waals surface area contributed by atoms with Gasteiger partial charge in [-0.15, -0.1) is 0 Å². The van der Waals surface area contributed by atoms with Crippen molar-refractivity contribution in [2.24, 2.45) is 46.2 Å². The van der Waals surface area contributed by atoms with E-state index in [0.29, 0.717) is 11.8 Å². The molecule has 1 aromatic rings. The largest absolute Gasteiger partial charge is 0.497 e. The molecule has 0 radical (unpaired) electrons. The van der Waals surface area contributed by atoms with Crippen molar-refractivity contribution in [2.45, 2.75) is 77.2 Å². The first kappa shape index (κ1) is 23.4. The number of hydrogen-bond donors (Lipinski definition) is 1. The number of fused-ring (bicyclic) bond motifs is 5. The Morgan fingerprint density at radius 2 is 1.88 bits per heavy atom. The molecule has 1 aromatic carbocycles. The molecule has 5 rings (SSSR count). The van der Waals surface area contributed by atoms with Gasteiger partial charge in [-0.2, -0.15) is 0 Å². The lowest BCUT2D eigenvalue weighted by molar-refractivity contribution is -0.159. The second-order valence-corrected chi connectivity index (χ2v) is 12.3. The molecule has 0 saturated heterocycles. The number of ether oxygens (including phenoxy) is 2. The normalized spacial score (nSPS) is 44.5. The van der Waals surface area contributed by atoms with Crippen LogP contribution in [0.1, 0.15) is 82.0 Å². The molecule has 0 aromatic heterocycles. The van der Waals surface area contributed by atoms with Crippen LogP contribution in [0.15, 0.2) is 24.3 Å². The SMILES string of the molecule is COC[C@]12CC[C@H](C)CC1CC[C@]1(N)C2CC[C@@]2(C)C1CC[C@@H]2C(=O)c1cccc(OC)c1. The topological polar surface area (TPSA) is 61.5 Å². The number of hydrogen-bond acceptors (Lipinski definition) is 4. The monoisotopic (exact) mass is 453 g/mol. The summed E-state index contributed by atoms with van der Waals surface area (Å²) >= 11 is 0. The van der Waals surface area contributed by atoms with Gasteiger partial charge in [-0.05, 0) is 92.6 Å². The number of benzene rings is 1. The second kappa shape index (κ2) is 8.37. The lowest BCUT2D eigenvalue weighted by atomic mass is 9.41. The molecule has 0 bridgehead atoms. The highest BCUT2D eigenvalue weighted by molar-refractivity contribution is 5.99. The van der Waals surface area contributed by atoms with Gasteiger partial charge in [-0.1, -0.05) is 32.4 Å². The van der Waals surface area contributed by atoms with Gasteiger partial charge in [0.1, 0.15) is 5.75 Å². The summed E-state index contributed by atoms with van der Waals surface area (Å²) in [6, 6.07) is 7.70. The summed E-state index contributed by atoms with van der Waals surface area (Å²) in [7, 11) is 3.54. The van der Waals surface area contributed by atoms with E-state index in [4.69, 9.17) is 15.2 Å². The molecule has 4 aliphatic rings. The van der Waals surface area contributed by atoms with E-state index in [1.807, 2.05) is 31.4 Å². The van der Waals surface area contributed by atoms with Crippen molar-refractivity contribution in [3.8, 4) is 5.75 Å². The van der Waals surface area contributed by atoms with E-state index in [1.165, 1.54) is 25.7 Å². The van der Waals surface area contributed by atoms with Crippen molar-refractivity contribution in [1.29, 1.82) is 0 Å². The molecule has 33 heavy (non-hydrogen) atoms. The number of methoxy groups -OCH3 is 2. The molecule has 3 unspecified atom stereocenters. The maximum absolute atomic E-state index is 13.8. The Labute approximate surface area is 200 Å². The predicted octanol–water partition coefficient (Wildman–Crippen LogP) is 5.88. The molecular formula is C29H43NO3. The van der Waals surface area contributed by atoms with Crippen molar-refractivity contribution in [2.75, 3.05) is 20.8 Å². The Hall–Kier alpha value is -1.39. The summed E-state index contributed by atoms with van der Waals surface area (Å²) in [6.45, 7) is 5.66. The number of carbonyl (C=O) groups excluding carboxylic acids is 1. The number of nitrogens with two attached hydrogens (primary N) is 1. The first-order chi connectivity index (χ1) is 15.8. The first-order valence-electron chi connectivity index (χ1n) is 13.2. The smallest absolute Gasteiger partial charge is 0.166 e. The van der Waals surface area contributed by atoms with E-state index in [0.717, 1.165) is 61.9 Å². The maximum atomic E-state index is 13.8. The fourth-order valence-corrected chi connectivity index (χ4v) is 9.42. The quantitative estimate of drug-likeness (QED) is 0.566. The second-order valence-electron chi connectivity index (χ2n) is 12.3. The van der Waals surface area contributed by atoms with Crippen LogP contribution in [0.5, 0.6) is 5.75 Å². The Bertz CT molecular complexity index is 901. The fraction of sp³-hybridized carbons (Fsp3) is 0.759. The highest BCUT2D eigenvalue weighted by Gasteiger charge is 2.67. The highest BCUT2D eigenvalue weighted by Crippen LogP contribution is 2.68. The van der Waals surface area contributed by atoms with Crippen LogP contribution in [-0.4, -0.2) is 32.1 Å². The molecule has 0 spiro atoms. The molecular weight excluding hydrogens is 410 g/mol. The zero-order valence-electron chi connectivity index (χ0n) is 21.1. The third kappa shape index (κ3) is 3.42. The summed E-state index contributed by atoms with van der Waals surface area (Å²) < 4.78 is 11.3. The minimum Gasteiger partial charge on any atom is -0.497 e. The van der Waals surface area contributed by atoms with Crippen LogP contribution in [0.4, 0.5) is 0 Å². The molecule has 4 fully saturated rings. The van der Waals surface area contributed by atoms with Gasteiger partial charge < -0.3 is 15.2 Å². The maximum Gasteiger partial charge on any atom is 0.166 e. The van der Waals surface area contributed by atoms with E-state index in [-0.39, 0.29) is 28.1 Å². The van der Waals surface area contributed by atoms with Crippen molar-refractivity contribution in [3.63, 3.8) is 0 Å². The van der Waals surface area contributed by atoms with Gasteiger partial charge in [0, 0.05) is 29.5 Å². The van der Waals surface area contributed by atoms with Gasteiger partial charge in [0.2, 0.25) is 0 Å². The lowest BCUT2D eigenvalue weighted by Gasteiger charge is -2.66. The fourth-order valence-electron chi connectivity index (χ4n) is 9.42. The van der Waals surface area contributed by atoms with Crippen molar-refractivity contribution in [1.82, 2.24) is 0 Å². The Morgan fingerprint density at radius 1 is 1.06 bits per heavy atom. The van der Waals surface area contributed by atoms with Gasteiger partial charge in [0.05, 0.1) is 13.7 Å². The summed E-state index contributed by atoms with van der Waals surface area (Å²) in [5, 5.41) is 0. The number of Topliss-reactive ketones (excluding diaryl/α,β-unsaturated/α-hetero) is 1. The lowest BCUT2D eigenvalue weighted by Crippen LogP contribution is -2.69. The van der Waals surface area contributed by atoms with Gasteiger partial charge in [-0.25, -0.2) is 0 Å². The molecule has 4 nitrogen and oxygen atoms in total. The minimum atomic E-state index is -0.175. The van der Waals surface area contributed by atoms with Crippen LogP contribution >= 0.6 is 0 Å². The molecule has 0 aliphatic heterocycles. The van der Waals surface area contributed by atoms with Crippen LogP contribution < -0.4 is 10.5 Å². The Balaban J connectivity index is 1.46. The first-order valence-corrected chi connectivity index (χ1v) is 13.2. The number of ketones is 1.